The molecule has 0 heterocycles. The van der Waals surface area contributed by atoms with E-state index >= 15 is 0 Å². The normalized spacial score (nSPS) is 11.2. The molecular formula is C7H14O5S. The Balaban J connectivity index is 3.31. The standard InChI is InChI=1S/C7H14O5S/c1-2-13(9,10)12-6-4-3-5-11-7-8/h7H,2-6H2,1H3. The zero-order valence-corrected chi connectivity index (χ0v) is 8.38. The van der Waals surface area contributed by atoms with Crippen molar-refractivity contribution in [2.45, 2.75) is 19.8 Å². The van der Waals surface area contributed by atoms with Gasteiger partial charge >= 0.3 is 0 Å². The van der Waals surface area contributed by atoms with Crippen LogP contribution in [0.4, 0.5) is 0 Å². The van der Waals surface area contributed by atoms with Crippen molar-refractivity contribution in [3.05, 3.63) is 0 Å². The number of hydrogen-bond acceptors (Lipinski definition) is 5. The molecule has 0 amide bonds. The predicted molar refractivity (Wildman–Crippen MR) is 46.7 cm³/mol. The summed E-state index contributed by atoms with van der Waals surface area (Å²) in [4.78, 5) is 9.69. The third-order valence-corrected chi connectivity index (χ3v) is 2.57. The molecule has 0 aliphatic rings. The van der Waals surface area contributed by atoms with Gasteiger partial charge in [-0.05, 0) is 19.8 Å². The quantitative estimate of drug-likeness (QED) is 0.327. The number of ether oxygens (including phenoxy) is 1. The van der Waals surface area contributed by atoms with Crippen molar-refractivity contribution < 1.29 is 22.1 Å². The maximum Gasteiger partial charge on any atom is 0.293 e. The van der Waals surface area contributed by atoms with Crippen LogP contribution in [0.1, 0.15) is 19.8 Å². The molecule has 0 aromatic carbocycles. The van der Waals surface area contributed by atoms with Crippen LogP contribution in [0, 0.1) is 0 Å². The molecule has 78 valence electrons. The lowest BCUT2D eigenvalue weighted by molar-refractivity contribution is -0.128. The first-order valence-corrected chi connectivity index (χ1v) is 5.62. The van der Waals surface area contributed by atoms with E-state index in [9.17, 15) is 13.2 Å². The van der Waals surface area contributed by atoms with Gasteiger partial charge < -0.3 is 4.74 Å². The summed E-state index contributed by atoms with van der Waals surface area (Å²) in [6.07, 6.45) is 1.17. The minimum atomic E-state index is -3.32. The molecule has 0 saturated carbocycles. The number of unbranched alkanes of at least 4 members (excludes halogenated alkanes) is 1. The number of carbonyl (C=O) groups excluding carboxylic acids is 1. The largest absolute Gasteiger partial charge is 0.468 e. The smallest absolute Gasteiger partial charge is 0.293 e. The van der Waals surface area contributed by atoms with Crippen LogP contribution < -0.4 is 0 Å². The Morgan fingerprint density at radius 3 is 2.38 bits per heavy atom. The first-order valence-electron chi connectivity index (χ1n) is 4.04. The second kappa shape index (κ2) is 6.85. The van der Waals surface area contributed by atoms with Gasteiger partial charge in [0.1, 0.15) is 0 Å². The highest BCUT2D eigenvalue weighted by Crippen LogP contribution is 1.96. The monoisotopic (exact) mass is 210 g/mol. The second-order valence-corrected chi connectivity index (χ2v) is 4.27. The van der Waals surface area contributed by atoms with E-state index in [-0.39, 0.29) is 12.4 Å². The van der Waals surface area contributed by atoms with Gasteiger partial charge in [0.25, 0.3) is 16.6 Å². The molecule has 0 aliphatic carbocycles. The molecule has 0 spiro atoms. The zero-order valence-electron chi connectivity index (χ0n) is 7.56. The number of hydrogen-bond donors (Lipinski definition) is 0. The summed E-state index contributed by atoms with van der Waals surface area (Å²) < 4.78 is 30.6. The van der Waals surface area contributed by atoms with Gasteiger partial charge in [-0.1, -0.05) is 0 Å². The average molecular weight is 210 g/mol. The highest BCUT2D eigenvalue weighted by atomic mass is 32.2. The highest BCUT2D eigenvalue weighted by molar-refractivity contribution is 7.86. The lowest BCUT2D eigenvalue weighted by Gasteiger charge is -2.02. The summed E-state index contributed by atoms with van der Waals surface area (Å²) in [6, 6.07) is 0. The van der Waals surface area contributed by atoms with Gasteiger partial charge in [0.2, 0.25) is 0 Å². The van der Waals surface area contributed by atoms with Crippen molar-refractivity contribution in [1.29, 1.82) is 0 Å². The third kappa shape index (κ3) is 7.73. The zero-order chi connectivity index (χ0) is 10.2. The summed E-state index contributed by atoms with van der Waals surface area (Å²) >= 11 is 0. The van der Waals surface area contributed by atoms with Gasteiger partial charge in [-0.2, -0.15) is 8.42 Å². The molecule has 0 radical (unpaired) electrons. The van der Waals surface area contributed by atoms with Gasteiger partial charge in [0.05, 0.1) is 19.0 Å². The van der Waals surface area contributed by atoms with Crippen molar-refractivity contribution in [2.75, 3.05) is 19.0 Å². The number of carbonyl (C=O) groups is 1. The van der Waals surface area contributed by atoms with Crippen LogP contribution in [0.5, 0.6) is 0 Å². The van der Waals surface area contributed by atoms with E-state index in [0.717, 1.165) is 0 Å². The SMILES string of the molecule is CCS(=O)(=O)OCCCCOC=O. The maximum atomic E-state index is 10.8. The predicted octanol–water partition coefficient (Wildman–Crippen LogP) is 0.306. The first-order chi connectivity index (χ1) is 6.12. The minimum absolute atomic E-state index is 0.0160. The first kappa shape index (κ1) is 12.4. The molecule has 0 aromatic heterocycles. The number of rotatable bonds is 8. The van der Waals surface area contributed by atoms with Gasteiger partial charge in [-0.3, -0.25) is 8.98 Å². The van der Waals surface area contributed by atoms with Crippen LogP contribution in [0.15, 0.2) is 0 Å². The minimum Gasteiger partial charge on any atom is -0.468 e. The van der Waals surface area contributed by atoms with Gasteiger partial charge in [0.15, 0.2) is 0 Å². The van der Waals surface area contributed by atoms with Crippen molar-refractivity contribution in [3.63, 3.8) is 0 Å². The van der Waals surface area contributed by atoms with Crippen LogP contribution in [0.2, 0.25) is 0 Å². The van der Waals surface area contributed by atoms with Crippen LogP contribution in [-0.4, -0.2) is 33.9 Å². The molecule has 13 heavy (non-hydrogen) atoms. The fourth-order valence-electron chi connectivity index (χ4n) is 0.605. The average Bonchev–Trinajstić information content (AvgIpc) is 2.11. The van der Waals surface area contributed by atoms with Crippen LogP contribution in [0.3, 0.4) is 0 Å². The second-order valence-electron chi connectivity index (χ2n) is 2.34. The third-order valence-electron chi connectivity index (χ3n) is 1.34. The maximum absolute atomic E-state index is 10.8. The highest BCUT2D eigenvalue weighted by Gasteiger charge is 2.05. The Hall–Kier alpha value is -0.620. The molecule has 6 heteroatoms. The molecule has 0 atom stereocenters. The molecule has 0 fully saturated rings. The molecule has 0 aromatic rings. The molecule has 0 bridgehead atoms. The summed E-state index contributed by atoms with van der Waals surface area (Å²) in [7, 11) is -3.32. The fourth-order valence-corrected chi connectivity index (χ4v) is 1.14. The van der Waals surface area contributed by atoms with Crippen LogP contribution in [-0.2, 0) is 23.8 Å². The van der Waals surface area contributed by atoms with E-state index in [1.165, 1.54) is 6.92 Å². The Labute approximate surface area is 78.2 Å². The Bertz CT molecular complexity index is 221. The van der Waals surface area contributed by atoms with Crippen molar-refractivity contribution in [1.82, 2.24) is 0 Å². The van der Waals surface area contributed by atoms with E-state index in [1.807, 2.05) is 0 Å². The molecule has 0 saturated heterocycles. The van der Waals surface area contributed by atoms with E-state index in [2.05, 4.69) is 8.92 Å². The summed E-state index contributed by atoms with van der Waals surface area (Å²) in [5.41, 5.74) is 0. The lowest BCUT2D eigenvalue weighted by Crippen LogP contribution is -2.09. The molecule has 0 unspecified atom stereocenters. The summed E-state index contributed by atoms with van der Waals surface area (Å²) in [5, 5.41) is 0. The molecule has 0 rings (SSSR count). The van der Waals surface area contributed by atoms with Crippen molar-refractivity contribution >= 4 is 16.6 Å². The van der Waals surface area contributed by atoms with Crippen molar-refractivity contribution in [3.8, 4) is 0 Å². The molecule has 0 N–H and O–H groups in total. The van der Waals surface area contributed by atoms with E-state index < -0.39 is 10.1 Å². The Kier molecular flexibility index (Phi) is 6.52. The molecule has 0 aliphatic heterocycles. The topological polar surface area (TPSA) is 69.7 Å². The lowest BCUT2D eigenvalue weighted by atomic mass is 10.3. The fraction of sp³-hybridized carbons (Fsp3) is 0.857. The Morgan fingerprint density at radius 2 is 1.85 bits per heavy atom. The van der Waals surface area contributed by atoms with E-state index in [1.54, 1.807) is 0 Å². The van der Waals surface area contributed by atoms with Crippen LogP contribution in [0.25, 0.3) is 0 Å². The van der Waals surface area contributed by atoms with Gasteiger partial charge in [0, 0.05) is 0 Å². The molecular weight excluding hydrogens is 196 g/mol. The van der Waals surface area contributed by atoms with E-state index in [0.29, 0.717) is 25.9 Å². The molecule has 5 nitrogen and oxygen atoms in total. The van der Waals surface area contributed by atoms with Crippen LogP contribution >= 0.6 is 0 Å². The summed E-state index contributed by atoms with van der Waals surface area (Å²) in [6.45, 7) is 2.34. The van der Waals surface area contributed by atoms with Gasteiger partial charge in [-0.15, -0.1) is 0 Å². The Morgan fingerprint density at radius 1 is 1.23 bits per heavy atom. The summed E-state index contributed by atoms with van der Waals surface area (Å²) in [5.74, 6) is -0.0160. The van der Waals surface area contributed by atoms with Crippen molar-refractivity contribution in [2.24, 2.45) is 0 Å². The van der Waals surface area contributed by atoms with Gasteiger partial charge in [-0.25, -0.2) is 0 Å². The van der Waals surface area contributed by atoms with E-state index in [4.69, 9.17) is 0 Å².